The zero-order chi connectivity index (χ0) is 13.7. The third-order valence-electron chi connectivity index (χ3n) is 3.38. The van der Waals surface area contributed by atoms with Gasteiger partial charge in [-0.3, -0.25) is 4.79 Å². The lowest BCUT2D eigenvalue weighted by molar-refractivity contribution is -0.119. The Morgan fingerprint density at radius 3 is 2.05 bits per heavy atom. The summed E-state index contributed by atoms with van der Waals surface area (Å²) in [6.07, 6.45) is 0.806. The number of likely N-dealkylation sites (N-methyl/N-ethyl adjacent to an activating group) is 1. The van der Waals surface area contributed by atoms with Crippen LogP contribution in [0.5, 0.6) is 0 Å². The van der Waals surface area contributed by atoms with Gasteiger partial charge in [0.1, 0.15) is 0 Å². The number of anilines is 1. The van der Waals surface area contributed by atoms with Gasteiger partial charge in [0.05, 0.1) is 5.92 Å². The lowest BCUT2D eigenvalue weighted by Gasteiger charge is -2.23. The van der Waals surface area contributed by atoms with Crippen LogP contribution in [-0.2, 0) is 4.79 Å². The Bertz CT molecular complexity index is 521. The zero-order valence-corrected chi connectivity index (χ0v) is 11.4. The van der Waals surface area contributed by atoms with Crippen molar-refractivity contribution in [1.29, 1.82) is 0 Å². The van der Waals surface area contributed by atoms with Crippen molar-refractivity contribution >= 4 is 11.6 Å². The highest BCUT2D eigenvalue weighted by atomic mass is 16.2. The lowest BCUT2D eigenvalue weighted by atomic mass is 9.95. The molecular formula is C17H19NO. The minimum Gasteiger partial charge on any atom is -0.315 e. The van der Waals surface area contributed by atoms with E-state index < -0.39 is 0 Å². The highest BCUT2D eigenvalue weighted by molar-refractivity contribution is 5.97. The van der Waals surface area contributed by atoms with Crippen molar-refractivity contribution in [3.8, 4) is 0 Å². The molecular weight excluding hydrogens is 234 g/mol. The van der Waals surface area contributed by atoms with Crippen molar-refractivity contribution in [2.24, 2.45) is 0 Å². The monoisotopic (exact) mass is 253 g/mol. The van der Waals surface area contributed by atoms with Crippen LogP contribution in [0, 0.1) is 0 Å². The van der Waals surface area contributed by atoms with E-state index in [4.69, 9.17) is 0 Å². The number of carbonyl (C=O) groups is 1. The summed E-state index contributed by atoms with van der Waals surface area (Å²) in [5.74, 6) is 0.0614. The minimum atomic E-state index is -0.0774. The Labute approximate surface area is 114 Å². The largest absolute Gasteiger partial charge is 0.315 e. The maximum Gasteiger partial charge on any atom is 0.234 e. The molecule has 2 nitrogen and oxygen atoms in total. The molecule has 0 fully saturated rings. The first-order valence-corrected chi connectivity index (χ1v) is 6.61. The number of nitrogens with zero attached hydrogens (tertiary/aromatic N) is 1. The summed E-state index contributed by atoms with van der Waals surface area (Å²) in [7, 11) is 1.84. The molecule has 0 aliphatic rings. The maximum atomic E-state index is 12.6. The highest BCUT2D eigenvalue weighted by Crippen LogP contribution is 2.24. The summed E-state index contributed by atoms with van der Waals surface area (Å²) in [4.78, 5) is 14.3. The SMILES string of the molecule is CCC(C(=O)N(C)c1ccccc1)c1ccccc1. The van der Waals surface area contributed by atoms with E-state index in [0.717, 1.165) is 17.7 Å². The molecule has 0 aliphatic heterocycles. The van der Waals surface area contributed by atoms with E-state index in [1.54, 1.807) is 4.90 Å². The van der Waals surface area contributed by atoms with Crippen molar-refractivity contribution in [2.75, 3.05) is 11.9 Å². The van der Waals surface area contributed by atoms with Gasteiger partial charge in [0.2, 0.25) is 5.91 Å². The molecule has 0 N–H and O–H groups in total. The Morgan fingerprint density at radius 1 is 1.00 bits per heavy atom. The predicted octanol–water partition coefficient (Wildman–Crippen LogP) is 3.84. The Kier molecular flexibility index (Phi) is 4.35. The third-order valence-corrected chi connectivity index (χ3v) is 3.38. The smallest absolute Gasteiger partial charge is 0.234 e. The molecule has 98 valence electrons. The lowest BCUT2D eigenvalue weighted by Crippen LogP contribution is -2.31. The molecule has 2 aromatic carbocycles. The predicted molar refractivity (Wildman–Crippen MR) is 79.3 cm³/mol. The number of rotatable bonds is 4. The Balaban J connectivity index is 2.22. The van der Waals surface area contributed by atoms with E-state index >= 15 is 0 Å². The van der Waals surface area contributed by atoms with Crippen molar-refractivity contribution in [1.82, 2.24) is 0 Å². The maximum absolute atomic E-state index is 12.6. The fourth-order valence-electron chi connectivity index (χ4n) is 2.25. The van der Waals surface area contributed by atoms with Gasteiger partial charge >= 0.3 is 0 Å². The summed E-state index contributed by atoms with van der Waals surface area (Å²) in [5.41, 5.74) is 2.01. The molecule has 1 amide bonds. The van der Waals surface area contributed by atoms with Crippen molar-refractivity contribution < 1.29 is 4.79 Å². The molecule has 0 radical (unpaired) electrons. The van der Waals surface area contributed by atoms with Crippen LogP contribution in [-0.4, -0.2) is 13.0 Å². The standard InChI is InChI=1S/C17H19NO/c1-3-16(14-10-6-4-7-11-14)17(19)18(2)15-12-8-5-9-13-15/h4-13,16H,3H2,1-2H3. The molecule has 2 rings (SSSR count). The normalized spacial score (nSPS) is 11.9. The van der Waals surface area contributed by atoms with Crippen molar-refractivity contribution in [3.05, 3.63) is 66.2 Å². The molecule has 1 atom stereocenters. The molecule has 0 saturated carbocycles. The molecule has 1 unspecified atom stereocenters. The molecule has 0 heterocycles. The van der Waals surface area contributed by atoms with E-state index in [1.807, 2.05) is 67.7 Å². The first-order valence-electron chi connectivity index (χ1n) is 6.61. The zero-order valence-electron chi connectivity index (χ0n) is 11.4. The van der Waals surface area contributed by atoms with Crippen LogP contribution in [0.25, 0.3) is 0 Å². The number of amides is 1. The van der Waals surface area contributed by atoms with Crippen LogP contribution < -0.4 is 4.90 Å². The molecule has 0 spiro atoms. The molecule has 0 bridgehead atoms. The Morgan fingerprint density at radius 2 is 1.53 bits per heavy atom. The van der Waals surface area contributed by atoms with Gasteiger partial charge in [-0.2, -0.15) is 0 Å². The average Bonchev–Trinajstić information content (AvgIpc) is 2.49. The number of benzene rings is 2. The molecule has 19 heavy (non-hydrogen) atoms. The number of carbonyl (C=O) groups excluding carboxylic acids is 1. The van der Waals surface area contributed by atoms with E-state index in [2.05, 4.69) is 6.92 Å². The van der Waals surface area contributed by atoms with Crippen LogP contribution in [0.1, 0.15) is 24.8 Å². The van der Waals surface area contributed by atoms with E-state index in [0.29, 0.717) is 0 Å². The second kappa shape index (κ2) is 6.19. The van der Waals surface area contributed by atoms with Gasteiger partial charge in [0, 0.05) is 12.7 Å². The Hall–Kier alpha value is -2.09. The van der Waals surface area contributed by atoms with Gasteiger partial charge in [0.25, 0.3) is 0 Å². The quantitative estimate of drug-likeness (QED) is 0.810. The van der Waals surface area contributed by atoms with Gasteiger partial charge < -0.3 is 4.90 Å². The fraction of sp³-hybridized carbons (Fsp3) is 0.235. The van der Waals surface area contributed by atoms with E-state index in [-0.39, 0.29) is 11.8 Å². The molecule has 0 saturated heterocycles. The third kappa shape index (κ3) is 3.02. The molecule has 0 aliphatic carbocycles. The van der Waals surface area contributed by atoms with Crippen LogP contribution in [0.15, 0.2) is 60.7 Å². The first kappa shape index (κ1) is 13.3. The van der Waals surface area contributed by atoms with Gasteiger partial charge in [-0.25, -0.2) is 0 Å². The summed E-state index contributed by atoms with van der Waals surface area (Å²) < 4.78 is 0. The summed E-state index contributed by atoms with van der Waals surface area (Å²) in [5, 5.41) is 0. The summed E-state index contributed by atoms with van der Waals surface area (Å²) in [6.45, 7) is 2.05. The highest BCUT2D eigenvalue weighted by Gasteiger charge is 2.22. The van der Waals surface area contributed by atoms with E-state index in [9.17, 15) is 4.79 Å². The average molecular weight is 253 g/mol. The van der Waals surface area contributed by atoms with Crippen molar-refractivity contribution in [3.63, 3.8) is 0 Å². The number of para-hydroxylation sites is 1. The number of hydrogen-bond acceptors (Lipinski definition) is 1. The van der Waals surface area contributed by atoms with Gasteiger partial charge in [-0.05, 0) is 24.1 Å². The van der Waals surface area contributed by atoms with E-state index in [1.165, 1.54) is 0 Å². The first-order chi connectivity index (χ1) is 9.24. The second-order valence-electron chi connectivity index (χ2n) is 4.60. The van der Waals surface area contributed by atoms with Crippen LogP contribution in [0.3, 0.4) is 0 Å². The van der Waals surface area contributed by atoms with Crippen molar-refractivity contribution in [2.45, 2.75) is 19.3 Å². The minimum absolute atomic E-state index is 0.0774. The molecule has 2 aromatic rings. The van der Waals surface area contributed by atoms with Gasteiger partial charge in [-0.1, -0.05) is 55.5 Å². The van der Waals surface area contributed by atoms with Crippen LogP contribution in [0.4, 0.5) is 5.69 Å². The molecule has 0 aromatic heterocycles. The fourth-order valence-corrected chi connectivity index (χ4v) is 2.25. The summed E-state index contributed by atoms with van der Waals surface area (Å²) in [6, 6.07) is 19.7. The summed E-state index contributed by atoms with van der Waals surface area (Å²) >= 11 is 0. The van der Waals surface area contributed by atoms with Crippen LogP contribution >= 0.6 is 0 Å². The topological polar surface area (TPSA) is 20.3 Å². The molecule has 2 heteroatoms. The second-order valence-corrected chi connectivity index (χ2v) is 4.60. The van der Waals surface area contributed by atoms with Crippen LogP contribution in [0.2, 0.25) is 0 Å². The van der Waals surface area contributed by atoms with Gasteiger partial charge in [-0.15, -0.1) is 0 Å². The number of hydrogen-bond donors (Lipinski definition) is 0. The van der Waals surface area contributed by atoms with Gasteiger partial charge in [0.15, 0.2) is 0 Å².